The molecule has 1 N–H and O–H groups in total. The number of esters is 1. The Morgan fingerprint density at radius 1 is 0.947 bits per heavy atom. The Morgan fingerprint density at radius 3 is 2.50 bits per heavy atom. The molecule has 10 nitrogen and oxygen atoms in total. The summed E-state index contributed by atoms with van der Waals surface area (Å²) in [4.78, 5) is 24.5. The Morgan fingerprint density at radius 2 is 1.71 bits per heavy atom. The van der Waals surface area contributed by atoms with Gasteiger partial charge in [0.2, 0.25) is 0 Å². The third-order valence-electron chi connectivity index (χ3n) is 5.70. The molecule has 1 aromatic heterocycles. The number of amides is 1. The Labute approximate surface area is 223 Å². The molecule has 2 aromatic carbocycles. The average Bonchev–Trinajstić information content (AvgIpc) is 3.40. The predicted molar refractivity (Wildman–Crippen MR) is 141 cm³/mol. The molecule has 0 spiro atoms. The SMILES string of the molecule is COCCOC(=O)c1ccccc1OCCCCCn1cc(C(C)(C)OC(=O)NCc2ccccc2)nn1. The van der Waals surface area contributed by atoms with Crippen LogP contribution in [0.25, 0.3) is 0 Å². The summed E-state index contributed by atoms with van der Waals surface area (Å²) in [6.07, 6.45) is 3.86. The van der Waals surface area contributed by atoms with Crippen molar-refractivity contribution in [1.82, 2.24) is 20.3 Å². The van der Waals surface area contributed by atoms with Crippen LogP contribution in [0.15, 0.2) is 60.8 Å². The van der Waals surface area contributed by atoms with Crippen molar-refractivity contribution in [2.75, 3.05) is 26.9 Å². The van der Waals surface area contributed by atoms with Crippen LogP contribution < -0.4 is 10.1 Å². The topological polar surface area (TPSA) is 114 Å². The van der Waals surface area contributed by atoms with Crippen LogP contribution in [0.5, 0.6) is 5.75 Å². The molecule has 0 aliphatic heterocycles. The number of rotatable bonds is 15. The molecule has 3 aromatic rings. The van der Waals surface area contributed by atoms with E-state index in [1.54, 1.807) is 50.0 Å². The number of para-hydroxylation sites is 1. The Kier molecular flexibility index (Phi) is 11.1. The number of alkyl carbamates (subject to hydrolysis) is 1. The molecule has 0 fully saturated rings. The highest BCUT2D eigenvalue weighted by atomic mass is 16.6. The number of unbranched alkanes of at least 4 members (excludes halogenated alkanes) is 2. The van der Waals surface area contributed by atoms with Crippen LogP contribution in [0.3, 0.4) is 0 Å². The van der Waals surface area contributed by atoms with Gasteiger partial charge in [-0.3, -0.25) is 4.68 Å². The molecule has 10 heteroatoms. The van der Waals surface area contributed by atoms with E-state index < -0.39 is 17.7 Å². The average molecular weight is 525 g/mol. The second-order valence-electron chi connectivity index (χ2n) is 9.14. The lowest BCUT2D eigenvalue weighted by molar-refractivity contribution is 0.0327. The van der Waals surface area contributed by atoms with Gasteiger partial charge in [0.25, 0.3) is 0 Å². The Balaban J connectivity index is 1.37. The molecule has 38 heavy (non-hydrogen) atoms. The molecule has 0 aliphatic rings. The zero-order chi connectivity index (χ0) is 27.2. The number of hydrogen-bond acceptors (Lipinski definition) is 8. The normalized spacial score (nSPS) is 11.1. The minimum Gasteiger partial charge on any atom is -0.493 e. The minimum absolute atomic E-state index is 0.193. The summed E-state index contributed by atoms with van der Waals surface area (Å²) in [6.45, 7) is 5.64. The van der Waals surface area contributed by atoms with Crippen LogP contribution in [0.4, 0.5) is 4.79 Å². The van der Waals surface area contributed by atoms with Gasteiger partial charge in [0.05, 0.1) is 19.4 Å². The van der Waals surface area contributed by atoms with Crippen molar-refractivity contribution < 1.29 is 28.5 Å². The van der Waals surface area contributed by atoms with Crippen molar-refractivity contribution in [2.45, 2.75) is 51.8 Å². The fourth-order valence-corrected chi connectivity index (χ4v) is 3.57. The molecule has 0 saturated heterocycles. The third-order valence-corrected chi connectivity index (χ3v) is 5.70. The number of nitrogens with one attached hydrogen (secondary N) is 1. The van der Waals surface area contributed by atoms with E-state index in [9.17, 15) is 9.59 Å². The fraction of sp³-hybridized carbons (Fsp3) is 0.429. The number of methoxy groups -OCH3 is 1. The number of carbonyl (C=O) groups is 2. The minimum atomic E-state index is -0.926. The quantitative estimate of drug-likeness (QED) is 0.228. The van der Waals surface area contributed by atoms with E-state index >= 15 is 0 Å². The van der Waals surface area contributed by atoms with E-state index in [2.05, 4.69) is 15.6 Å². The van der Waals surface area contributed by atoms with Crippen molar-refractivity contribution in [3.05, 3.63) is 77.6 Å². The molecule has 1 heterocycles. The zero-order valence-electron chi connectivity index (χ0n) is 22.2. The van der Waals surface area contributed by atoms with Gasteiger partial charge in [-0.2, -0.15) is 0 Å². The molecule has 0 aliphatic carbocycles. The summed E-state index contributed by atoms with van der Waals surface area (Å²) in [5, 5.41) is 11.1. The number of benzene rings is 2. The maximum absolute atomic E-state index is 12.3. The van der Waals surface area contributed by atoms with Crippen molar-refractivity contribution in [1.29, 1.82) is 0 Å². The highest BCUT2D eigenvalue weighted by molar-refractivity contribution is 5.92. The second-order valence-corrected chi connectivity index (χ2v) is 9.14. The smallest absolute Gasteiger partial charge is 0.408 e. The Hall–Kier alpha value is -3.92. The maximum atomic E-state index is 12.3. The molecule has 1 amide bonds. The van der Waals surface area contributed by atoms with E-state index in [0.29, 0.717) is 43.3 Å². The molecule has 0 unspecified atom stereocenters. The van der Waals surface area contributed by atoms with Gasteiger partial charge in [-0.1, -0.05) is 47.7 Å². The fourth-order valence-electron chi connectivity index (χ4n) is 3.57. The zero-order valence-corrected chi connectivity index (χ0v) is 22.2. The van der Waals surface area contributed by atoms with E-state index in [4.69, 9.17) is 18.9 Å². The third kappa shape index (κ3) is 9.19. The van der Waals surface area contributed by atoms with Crippen LogP contribution in [0.2, 0.25) is 0 Å². The molecular formula is C28H36N4O6. The second kappa shape index (κ2) is 14.7. The monoisotopic (exact) mass is 524 g/mol. The van der Waals surface area contributed by atoms with Crippen LogP contribution in [-0.2, 0) is 32.9 Å². The highest BCUT2D eigenvalue weighted by Crippen LogP contribution is 2.23. The van der Waals surface area contributed by atoms with Gasteiger partial charge in [0.1, 0.15) is 23.6 Å². The lowest BCUT2D eigenvalue weighted by Crippen LogP contribution is -2.33. The first kappa shape index (κ1) is 28.6. The molecule has 3 rings (SSSR count). The molecule has 0 saturated carbocycles. The van der Waals surface area contributed by atoms with Gasteiger partial charge in [-0.25, -0.2) is 9.59 Å². The summed E-state index contributed by atoms with van der Waals surface area (Å²) >= 11 is 0. The summed E-state index contributed by atoms with van der Waals surface area (Å²) in [6, 6.07) is 16.7. The van der Waals surface area contributed by atoms with Gasteiger partial charge in [0.15, 0.2) is 5.60 Å². The van der Waals surface area contributed by atoms with Gasteiger partial charge >= 0.3 is 12.1 Å². The van der Waals surface area contributed by atoms with Gasteiger partial charge in [-0.05, 0) is 50.8 Å². The van der Waals surface area contributed by atoms with Crippen molar-refractivity contribution in [2.24, 2.45) is 0 Å². The van der Waals surface area contributed by atoms with Crippen LogP contribution >= 0.6 is 0 Å². The van der Waals surface area contributed by atoms with Gasteiger partial charge in [-0.15, -0.1) is 5.10 Å². The number of aromatic nitrogens is 3. The molecule has 0 bridgehead atoms. The van der Waals surface area contributed by atoms with Crippen LogP contribution in [0.1, 0.15) is 54.7 Å². The Bertz CT molecular complexity index is 1150. The van der Waals surface area contributed by atoms with Gasteiger partial charge in [0, 0.05) is 20.2 Å². The standard InChI is InChI=1S/C28H36N4O6/c1-28(2,38-27(34)29-20-22-12-6-4-7-13-22)25-21-32(31-30-25)16-10-5-11-17-36-24-15-9-8-14-23(24)26(33)37-19-18-35-3/h4,6-9,12-15,21H,5,10-11,16-20H2,1-3H3,(H,29,34). The first-order valence-corrected chi connectivity index (χ1v) is 12.7. The largest absolute Gasteiger partial charge is 0.493 e. The molecular weight excluding hydrogens is 488 g/mol. The molecule has 0 radical (unpaired) electrons. The molecule has 204 valence electrons. The number of nitrogens with zero attached hydrogens (tertiary/aromatic N) is 3. The first-order valence-electron chi connectivity index (χ1n) is 12.7. The van der Waals surface area contributed by atoms with E-state index in [1.807, 2.05) is 36.4 Å². The predicted octanol–water partition coefficient (Wildman–Crippen LogP) is 4.49. The lowest BCUT2D eigenvalue weighted by atomic mass is 10.1. The van der Waals surface area contributed by atoms with Gasteiger partial charge < -0.3 is 24.3 Å². The summed E-state index contributed by atoms with van der Waals surface area (Å²) < 4.78 is 23.3. The maximum Gasteiger partial charge on any atom is 0.408 e. The summed E-state index contributed by atoms with van der Waals surface area (Å²) in [5.74, 6) is 0.0751. The summed E-state index contributed by atoms with van der Waals surface area (Å²) in [5.41, 5.74) is 1.04. The molecule has 0 atom stereocenters. The number of carbonyl (C=O) groups excluding carboxylic acids is 2. The first-order chi connectivity index (χ1) is 18.4. The van der Waals surface area contributed by atoms with E-state index in [-0.39, 0.29) is 6.61 Å². The van der Waals surface area contributed by atoms with E-state index in [0.717, 1.165) is 24.8 Å². The summed E-state index contributed by atoms with van der Waals surface area (Å²) in [7, 11) is 1.55. The number of hydrogen-bond donors (Lipinski definition) is 1. The lowest BCUT2D eigenvalue weighted by Gasteiger charge is -2.22. The van der Waals surface area contributed by atoms with Crippen molar-refractivity contribution >= 4 is 12.1 Å². The van der Waals surface area contributed by atoms with Crippen LogP contribution in [0, 0.1) is 0 Å². The van der Waals surface area contributed by atoms with Crippen molar-refractivity contribution in [3.63, 3.8) is 0 Å². The van der Waals surface area contributed by atoms with Crippen molar-refractivity contribution in [3.8, 4) is 5.75 Å². The van der Waals surface area contributed by atoms with E-state index in [1.165, 1.54) is 0 Å². The number of ether oxygens (including phenoxy) is 4. The number of aryl methyl sites for hydroxylation is 1. The van der Waals surface area contributed by atoms with Crippen LogP contribution in [-0.4, -0.2) is 54.0 Å². The highest BCUT2D eigenvalue weighted by Gasteiger charge is 2.29.